The molecule has 216 valence electrons. The summed E-state index contributed by atoms with van der Waals surface area (Å²) >= 11 is 0. The van der Waals surface area contributed by atoms with Crippen LogP contribution in [0.5, 0.6) is 0 Å². The molecule has 1 unspecified atom stereocenters. The Balaban J connectivity index is 1.67. The molecule has 5 aliphatic rings. The molecule has 6 N–H and O–H groups in total. The van der Waals surface area contributed by atoms with E-state index in [-0.39, 0.29) is 35.7 Å². The molecule has 0 spiro atoms. The Morgan fingerprint density at radius 3 is 2.24 bits per heavy atom. The molecule has 4 saturated carbocycles. The smallest absolute Gasteiger partial charge is 0.312 e. The van der Waals surface area contributed by atoms with Gasteiger partial charge in [0.1, 0.15) is 5.41 Å². The van der Waals surface area contributed by atoms with E-state index in [4.69, 9.17) is 0 Å². The molecule has 0 amide bonds. The van der Waals surface area contributed by atoms with Crippen LogP contribution in [-0.4, -0.2) is 67.6 Å². The molecule has 0 aliphatic heterocycles. The van der Waals surface area contributed by atoms with E-state index in [0.717, 1.165) is 12.8 Å². The molecule has 4 fully saturated rings. The van der Waals surface area contributed by atoms with Gasteiger partial charge in [-0.1, -0.05) is 53.2 Å². The van der Waals surface area contributed by atoms with Crippen LogP contribution in [0.25, 0.3) is 0 Å². The topological polar surface area (TPSA) is 138 Å². The second kappa shape index (κ2) is 8.75. The maximum atomic E-state index is 12.9. The number of hydrogen-bond acceptors (Lipinski definition) is 6. The van der Waals surface area contributed by atoms with Gasteiger partial charge in [-0.05, 0) is 84.9 Å². The summed E-state index contributed by atoms with van der Waals surface area (Å²) in [5.41, 5.74) is -2.09. The van der Waals surface area contributed by atoms with E-state index in [1.165, 1.54) is 5.57 Å². The first-order valence-corrected chi connectivity index (χ1v) is 14.8. The van der Waals surface area contributed by atoms with Crippen LogP contribution in [0.1, 0.15) is 86.5 Å². The lowest BCUT2D eigenvalue weighted by molar-refractivity contribution is -0.224. The maximum absolute atomic E-state index is 12.9. The summed E-state index contributed by atoms with van der Waals surface area (Å²) in [5.74, 6) is -1.37. The molecule has 0 heterocycles. The van der Waals surface area contributed by atoms with Crippen LogP contribution in [0, 0.1) is 56.7 Å². The van der Waals surface area contributed by atoms with E-state index in [0.29, 0.717) is 32.1 Å². The highest BCUT2D eigenvalue weighted by Gasteiger charge is 2.70. The fourth-order valence-corrected chi connectivity index (χ4v) is 11.3. The van der Waals surface area contributed by atoms with Crippen LogP contribution < -0.4 is 0 Å². The van der Waals surface area contributed by atoms with Crippen molar-refractivity contribution in [3.8, 4) is 0 Å². The second-order valence-electron chi connectivity index (χ2n) is 15.6. The largest absolute Gasteiger partial charge is 0.481 e. The van der Waals surface area contributed by atoms with Gasteiger partial charge in [0, 0.05) is 11.3 Å². The third-order valence-electron chi connectivity index (χ3n) is 12.9. The van der Waals surface area contributed by atoms with Crippen LogP contribution in [0.3, 0.4) is 0 Å². The summed E-state index contributed by atoms with van der Waals surface area (Å²) in [4.78, 5) is 12.9. The minimum absolute atomic E-state index is 0.0197. The van der Waals surface area contributed by atoms with Crippen molar-refractivity contribution >= 4 is 5.97 Å². The zero-order chi connectivity index (χ0) is 28.2. The van der Waals surface area contributed by atoms with Crippen LogP contribution in [0.2, 0.25) is 0 Å². The Morgan fingerprint density at radius 2 is 1.63 bits per heavy atom. The third-order valence-corrected chi connectivity index (χ3v) is 12.9. The Kier molecular flexibility index (Phi) is 6.57. The minimum Gasteiger partial charge on any atom is -0.481 e. The fourth-order valence-electron chi connectivity index (χ4n) is 11.3. The number of hydrogen-bond donors (Lipinski definition) is 6. The van der Waals surface area contributed by atoms with Crippen molar-refractivity contribution in [1.82, 2.24) is 0 Å². The van der Waals surface area contributed by atoms with Gasteiger partial charge in [0.25, 0.3) is 0 Å². The lowest BCUT2D eigenvalue weighted by atomic mass is 9.39. The van der Waals surface area contributed by atoms with Crippen LogP contribution in [0.4, 0.5) is 0 Å². The van der Waals surface area contributed by atoms with Crippen molar-refractivity contribution in [3.05, 3.63) is 11.6 Å². The molecular formula is C31H50O7. The lowest BCUT2D eigenvalue weighted by Crippen LogP contribution is -2.65. The third kappa shape index (κ3) is 3.54. The minimum atomic E-state index is -1.17. The van der Waals surface area contributed by atoms with E-state index in [1.54, 1.807) is 6.92 Å². The number of aliphatic carboxylic acids is 1. The Labute approximate surface area is 227 Å². The van der Waals surface area contributed by atoms with Gasteiger partial charge in [0.2, 0.25) is 0 Å². The molecule has 0 bridgehead atoms. The summed E-state index contributed by atoms with van der Waals surface area (Å²) in [5, 5.41) is 66.6. The van der Waals surface area contributed by atoms with Gasteiger partial charge in [0.05, 0.1) is 31.0 Å². The molecule has 13 atom stereocenters. The van der Waals surface area contributed by atoms with Crippen molar-refractivity contribution in [2.75, 3.05) is 6.61 Å². The summed E-state index contributed by atoms with van der Waals surface area (Å²) in [6.07, 6.45) is 2.25. The average Bonchev–Trinajstić information content (AvgIpc) is 2.88. The second-order valence-corrected chi connectivity index (χ2v) is 15.6. The summed E-state index contributed by atoms with van der Waals surface area (Å²) in [7, 11) is 0. The van der Waals surface area contributed by atoms with Crippen molar-refractivity contribution < 1.29 is 35.4 Å². The molecule has 7 nitrogen and oxygen atoms in total. The van der Waals surface area contributed by atoms with Crippen molar-refractivity contribution in [2.45, 2.75) is 111 Å². The zero-order valence-electron chi connectivity index (χ0n) is 24.0. The number of allylic oxidation sites excluding steroid dienone is 2. The lowest BCUT2D eigenvalue weighted by Gasteiger charge is -2.65. The van der Waals surface area contributed by atoms with Crippen molar-refractivity contribution in [1.29, 1.82) is 0 Å². The van der Waals surface area contributed by atoms with E-state index in [9.17, 15) is 35.4 Å². The standard InChI is InChI=1S/C31H50O7/c1-16-11-20(33)24-29(5,13-21(34)25(36)30(24,6)15-32)18-8-7-17-19-12-27(2,3)9-10-31(19,26(37)38)22(35)14-28(17,4)23(16)18/h7,16,18-25,32-36H,8-15H2,1-6H3,(H,37,38)/t16-,18+,19+,20-,21+,22-,23?,24-,25+,28-,29-,30+,31-/m1/s1. The average molecular weight is 535 g/mol. The number of rotatable bonds is 2. The van der Waals surface area contributed by atoms with Gasteiger partial charge >= 0.3 is 5.97 Å². The van der Waals surface area contributed by atoms with E-state index in [1.807, 2.05) is 0 Å². The Bertz CT molecular complexity index is 1010. The Morgan fingerprint density at radius 1 is 0.974 bits per heavy atom. The predicted molar refractivity (Wildman–Crippen MR) is 143 cm³/mol. The summed E-state index contributed by atoms with van der Waals surface area (Å²) < 4.78 is 0. The molecule has 0 aromatic rings. The van der Waals surface area contributed by atoms with Gasteiger partial charge in [-0.2, -0.15) is 0 Å². The highest BCUT2D eigenvalue weighted by molar-refractivity contribution is 5.77. The highest BCUT2D eigenvalue weighted by atomic mass is 16.4. The van der Waals surface area contributed by atoms with Crippen molar-refractivity contribution in [3.63, 3.8) is 0 Å². The Hall–Kier alpha value is -0.990. The zero-order valence-corrected chi connectivity index (χ0v) is 24.0. The molecule has 0 aromatic carbocycles. The fraction of sp³-hybridized carbons (Fsp3) is 0.903. The van der Waals surface area contributed by atoms with Gasteiger partial charge in [0.15, 0.2) is 0 Å². The molecule has 0 radical (unpaired) electrons. The van der Waals surface area contributed by atoms with Gasteiger partial charge in [-0.3, -0.25) is 4.79 Å². The van der Waals surface area contributed by atoms with Gasteiger partial charge in [-0.25, -0.2) is 0 Å². The summed E-state index contributed by atoms with van der Waals surface area (Å²) in [6, 6.07) is 0. The molecule has 7 heteroatoms. The first-order chi connectivity index (χ1) is 17.5. The highest BCUT2D eigenvalue weighted by Crippen LogP contribution is 2.71. The van der Waals surface area contributed by atoms with E-state index < -0.39 is 58.0 Å². The molecule has 5 rings (SSSR count). The monoisotopic (exact) mass is 534 g/mol. The van der Waals surface area contributed by atoms with Gasteiger partial charge in [-0.15, -0.1) is 0 Å². The van der Waals surface area contributed by atoms with Crippen LogP contribution in [-0.2, 0) is 4.79 Å². The van der Waals surface area contributed by atoms with Gasteiger partial charge < -0.3 is 30.6 Å². The quantitative estimate of drug-likeness (QED) is 0.299. The maximum Gasteiger partial charge on any atom is 0.312 e. The van der Waals surface area contributed by atoms with Crippen molar-refractivity contribution in [2.24, 2.45) is 56.7 Å². The number of fused-ring (bicyclic) bond motifs is 7. The van der Waals surface area contributed by atoms with E-state index >= 15 is 0 Å². The molecular weight excluding hydrogens is 484 g/mol. The number of carbonyl (C=O) groups is 1. The molecule has 38 heavy (non-hydrogen) atoms. The predicted octanol–water partition coefficient (Wildman–Crippen LogP) is 3.36. The van der Waals surface area contributed by atoms with E-state index in [2.05, 4.69) is 40.7 Å². The number of carboxylic acid groups (broad SMARTS) is 1. The molecule has 0 aromatic heterocycles. The SMILES string of the molecule is C[C@@H]1C[C@@H](O)[C@@H]2[C@](C)(C[C@H](O)[C@H](O)[C@@]2(C)CO)[C@H]2CC=C3[C@@H]4CC(C)(C)CC[C@]4(C(=O)O)[C@H](O)C[C@@]3(C)C12. The first-order valence-electron chi connectivity index (χ1n) is 14.8. The number of aliphatic hydroxyl groups is 5. The molecule has 5 aliphatic carbocycles. The normalized spacial score (nSPS) is 55.9. The molecule has 0 saturated heterocycles. The summed E-state index contributed by atoms with van der Waals surface area (Å²) in [6.45, 7) is 12.3. The number of carboxylic acids is 1. The van der Waals surface area contributed by atoms with Crippen LogP contribution in [0.15, 0.2) is 11.6 Å². The number of aliphatic hydroxyl groups excluding tert-OH is 5. The van der Waals surface area contributed by atoms with Crippen LogP contribution >= 0.6 is 0 Å². The first kappa shape index (κ1) is 28.5.